The number of carboxylic acid groups (broad SMARTS) is 1. The molecule has 0 aliphatic rings. The predicted molar refractivity (Wildman–Crippen MR) is 77.6 cm³/mol. The van der Waals surface area contributed by atoms with Gasteiger partial charge in [-0.15, -0.1) is 0 Å². The summed E-state index contributed by atoms with van der Waals surface area (Å²) in [5.41, 5.74) is 1.96. The molecule has 2 aromatic rings. The SMILES string of the molecule is Cc1nn(-c2ccc(F)cc2)c(C)c1C(=O)NC(C)C(=O)O. The van der Waals surface area contributed by atoms with Crippen LogP contribution in [0.2, 0.25) is 0 Å². The van der Waals surface area contributed by atoms with Crippen LogP contribution in [0.25, 0.3) is 5.69 Å². The van der Waals surface area contributed by atoms with Crippen molar-refractivity contribution in [2.75, 3.05) is 0 Å². The van der Waals surface area contributed by atoms with E-state index in [1.54, 1.807) is 26.0 Å². The van der Waals surface area contributed by atoms with Gasteiger partial charge in [0.1, 0.15) is 11.9 Å². The normalized spacial score (nSPS) is 12.0. The van der Waals surface area contributed by atoms with Crippen molar-refractivity contribution < 1.29 is 19.1 Å². The van der Waals surface area contributed by atoms with Gasteiger partial charge in [0.25, 0.3) is 5.91 Å². The fourth-order valence-corrected chi connectivity index (χ4v) is 2.14. The number of rotatable bonds is 4. The van der Waals surface area contributed by atoms with E-state index in [1.807, 2.05) is 0 Å². The molecule has 1 unspecified atom stereocenters. The van der Waals surface area contributed by atoms with E-state index in [9.17, 15) is 14.0 Å². The Hall–Kier alpha value is -2.70. The molecule has 0 saturated carbocycles. The number of aromatic nitrogens is 2. The van der Waals surface area contributed by atoms with Crippen molar-refractivity contribution in [2.45, 2.75) is 26.8 Å². The number of carbonyl (C=O) groups excluding carboxylic acids is 1. The molecule has 7 heteroatoms. The van der Waals surface area contributed by atoms with E-state index in [0.29, 0.717) is 22.6 Å². The summed E-state index contributed by atoms with van der Waals surface area (Å²) in [5.74, 6) is -1.98. The minimum absolute atomic E-state index is 0.317. The van der Waals surface area contributed by atoms with Crippen LogP contribution in [-0.2, 0) is 4.79 Å². The molecule has 1 heterocycles. The molecule has 2 rings (SSSR count). The highest BCUT2D eigenvalue weighted by Gasteiger charge is 2.22. The van der Waals surface area contributed by atoms with Gasteiger partial charge in [0.2, 0.25) is 0 Å². The molecule has 0 aliphatic heterocycles. The molecule has 1 aromatic heterocycles. The predicted octanol–water partition coefficient (Wildman–Crippen LogP) is 1.83. The van der Waals surface area contributed by atoms with Crippen LogP contribution < -0.4 is 5.32 Å². The average molecular weight is 305 g/mol. The Balaban J connectivity index is 2.37. The average Bonchev–Trinajstić information content (AvgIpc) is 2.74. The fourth-order valence-electron chi connectivity index (χ4n) is 2.14. The van der Waals surface area contributed by atoms with E-state index in [0.717, 1.165) is 0 Å². The summed E-state index contributed by atoms with van der Waals surface area (Å²) in [5, 5.41) is 15.5. The second-order valence-corrected chi connectivity index (χ2v) is 4.97. The Morgan fingerprint density at radius 2 is 1.86 bits per heavy atom. The smallest absolute Gasteiger partial charge is 0.325 e. The van der Waals surface area contributed by atoms with Gasteiger partial charge in [-0.1, -0.05) is 0 Å². The first-order chi connectivity index (χ1) is 10.3. The van der Waals surface area contributed by atoms with Crippen LogP contribution in [0.15, 0.2) is 24.3 Å². The zero-order chi connectivity index (χ0) is 16.4. The quantitative estimate of drug-likeness (QED) is 0.902. The first-order valence-corrected chi connectivity index (χ1v) is 6.67. The van der Waals surface area contributed by atoms with Gasteiger partial charge in [-0.3, -0.25) is 9.59 Å². The lowest BCUT2D eigenvalue weighted by atomic mass is 10.1. The van der Waals surface area contributed by atoms with E-state index >= 15 is 0 Å². The lowest BCUT2D eigenvalue weighted by Gasteiger charge is -2.09. The van der Waals surface area contributed by atoms with E-state index in [1.165, 1.54) is 23.7 Å². The van der Waals surface area contributed by atoms with Crippen LogP contribution in [0.1, 0.15) is 28.7 Å². The molecule has 2 N–H and O–H groups in total. The Morgan fingerprint density at radius 1 is 1.27 bits per heavy atom. The highest BCUT2D eigenvalue weighted by molar-refractivity contribution is 5.98. The molecule has 1 atom stereocenters. The maximum atomic E-state index is 13.0. The fraction of sp³-hybridized carbons (Fsp3) is 0.267. The van der Waals surface area contributed by atoms with Gasteiger partial charge in [-0.05, 0) is 45.0 Å². The van der Waals surface area contributed by atoms with Crippen molar-refractivity contribution in [1.29, 1.82) is 0 Å². The number of amides is 1. The summed E-state index contributed by atoms with van der Waals surface area (Å²) < 4.78 is 14.5. The van der Waals surface area contributed by atoms with E-state index in [2.05, 4.69) is 10.4 Å². The van der Waals surface area contributed by atoms with Crippen molar-refractivity contribution in [3.05, 3.63) is 47.0 Å². The van der Waals surface area contributed by atoms with Gasteiger partial charge in [-0.2, -0.15) is 5.10 Å². The first kappa shape index (κ1) is 15.7. The van der Waals surface area contributed by atoms with Crippen molar-refractivity contribution in [1.82, 2.24) is 15.1 Å². The second-order valence-electron chi connectivity index (χ2n) is 4.97. The van der Waals surface area contributed by atoms with E-state index in [-0.39, 0.29) is 5.82 Å². The number of carbonyl (C=O) groups is 2. The minimum Gasteiger partial charge on any atom is -0.480 e. The van der Waals surface area contributed by atoms with Crippen molar-refractivity contribution in [3.8, 4) is 5.69 Å². The highest BCUT2D eigenvalue weighted by Crippen LogP contribution is 2.18. The number of benzene rings is 1. The maximum absolute atomic E-state index is 13.0. The molecule has 0 aliphatic carbocycles. The molecule has 116 valence electrons. The van der Waals surface area contributed by atoms with Gasteiger partial charge < -0.3 is 10.4 Å². The summed E-state index contributed by atoms with van der Waals surface area (Å²) in [6.07, 6.45) is 0. The van der Waals surface area contributed by atoms with Crippen molar-refractivity contribution >= 4 is 11.9 Å². The highest BCUT2D eigenvalue weighted by atomic mass is 19.1. The number of aryl methyl sites for hydroxylation is 1. The van der Waals surface area contributed by atoms with Gasteiger partial charge in [-0.25, -0.2) is 9.07 Å². The Morgan fingerprint density at radius 3 is 2.41 bits per heavy atom. The topological polar surface area (TPSA) is 84.2 Å². The van der Waals surface area contributed by atoms with Gasteiger partial charge in [0, 0.05) is 0 Å². The molecule has 0 fully saturated rings. The number of halogens is 1. The van der Waals surface area contributed by atoms with E-state index < -0.39 is 17.9 Å². The van der Waals surface area contributed by atoms with Crippen LogP contribution >= 0.6 is 0 Å². The third kappa shape index (κ3) is 2.98. The molecule has 6 nitrogen and oxygen atoms in total. The third-order valence-corrected chi connectivity index (χ3v) is 3.31. The summed E-state index contributed by atoms with van der Waals surface area (Å²) in [6, 6.07) is 4.71. The number of nitrogens with one attached hydrogen (secondary N) is 1. The lowest BCUT2D eigenvalue weighted by Crippen LogP contribution is -2.38. The Labute approximate surface area is 126 Å². The Bertz CT molecular complexity index is 722. The molecular formula is C15H16FN3O3. The molecule has 22 heavy (non-hydrogen) atoms. The monoisotopic (exact) mass is 305 g/mol. The van der Waals surface area contributed by atoms with Crippen LogP contribution in [0.3, 0.4) is 0 Å². The number of hydrogen-bond acceptors (Lipinski definition) is 3. The summed E-state index contributed by atoms with van der Waals surface area (Å²) >= 11 is 0. The summed E-state index contributed by atoms with van der Waals surface area (Å²) in [6.45, 7) is 4.74. The number of carboxylic acids is 1. The molecular weight excluding hydrogens is 289 g/mol. The number of aliphatic carboxylic acids is 1. The van der Waals surface area contributed by atoms with Crippen molar-refractivity contribution in [3.63, 3.8) is 0 Å². The van der Waals surface area contributed by atoms with Crippen molar-refractivity contribution in [2.24, 2.45) is 0 Å². The lowest BCUT2D eigenvalue weighted by molar-refractivity contribution is -0.138. The van der Waals surface area contributed by atoms with Gasteiger partial charge in [0.05, 0.1) is 22.6 Å². The molecule has 0 saturated heterocycles. The molecule has 0 radical (unpaired) electrons. The Kier molecular flexibility index (Phi) is 4.25. The largest absolute Gasteiger partial charge is 0.480 e. The second kappa shape index (κ2) is 5.97. The summed E-state index contributed by atoms with van der Waals surface area (Å²) in [7, 11) is 0. The first-order valence-electron chi connectivity index (χ1n) is 6.67. The van der Waals surface area contributed by atoms with Crippen LogP contribution in [-0.4, -0.2) is 32.8 Å². The third-order valence-electron chi connectivity index (χ3n) is 3.31. The maximum Gasteiger partial charge on any atom is 0.325 e. The summed E-state index contributed by atoms with van der Waals surface area (Å²) in [4.78, 5) is 23.0. The standard InChI is InChI=1S/C15H16FN3O3/c1-8-13(14(20)17-9(2)15(21)22)10(3)19(18-8)12-6-4-11(16)5-7-12/h4-7,9H,1-3H3,(H,17,20)(H,21,22). The van der Waals surface area contributed by atoms with Crippen LogP contribution in [0.5, 0.6) is 0 Å². The molecule has 0 bridgehead atoms. The van der Waals surface area contributed by atoms with Crippen LogP contribution in [0.4, 0.5) is 4.39 Å². The molecule has 1 aromatic carbocycles. The van der Waals surface area contributed by atoms with Gasteiger partial charge >= 0.3 is 5.97 Å². The number of nitrogens with zero attached hydrogens (tertiary/aromatic N) is 2. The molecule has 0 spiro atoms. The zero-order valence-electron chi connectivity index (χ0n) is 12.4. The molecule has 1 amide bonds. The van der Waals surface area contributed by atoms with Crippen LogP contribution in [0, 0.1) is 19.7 Å². The van der Waals surface area contributed by atoms with E-state index in [4.69, 9.17) is 5.11 Å². The number of hydrogen-bond donors (Lipinski definition) is 2. The van der Waals surface area contributed by atoms with Gasteiger partial charge in [0.15, 0.2) is 0 Å². The zero-order valence-corrected chi connectivity index (χ0v) is 12.4. The minimum atomic E-state index is -1.12.